The lowest BCUT2D eigenvalue weighted by Crippen LogP contribution is -2.35. The highest BCUT2D eigenvalue weighted by Gasteiger charge is 2.17. The number of nitrogens with one attached hydrogen (secondary N) is 1. The van der Waals surface area contributed by atoms with Gasteiger partial charge in [0.2, 0.25) is 0 Å². The molecule has 0 spiro atoms. The van der Waals surface area contributed by atoms with E-state index in [1.54, 1.807) is 0 Å². The lowest BCUT2D eigenvalue weighted by Gasteiger charge is -2.27. The van der Waals surface area contributed by atoms with Gasteiger partial charge in [-0.2, -0.15) is 0 Å². The number of hydrogen-bond donors (Lipinski definition) is 2. The number of aliphatic hydroxyl groups excluding tert-OH is 1. The summed E-state index contributed by atoms with van der Waals surface area (Å²) in [4.78, 5) is 0. The molecule has 2 atom stereocenters. The molecule has 1 fully saturated rings. The van der Waals surface area contributed by atoms with Crippen LogP contribution in [0.4, 0.5) is 0 Å². The highest BCUT2D eigenvalue weighted by Crippen LogP contribution is 2.23. The summed E-state index contributed by atoms with van der Waals surface area (Å²) >= 11 is 0. The first-order valence-corrected chi connectivity index (χ1v) is 5.75. The van der Waals surface area contributed by atoms with E-state index in [4.69, 9.17) is 9.84 Å². The van der Waals surface area contributed by atoms with Crippen molar-refractivity contribution in [2.75, 3.05) is 26.4 Å². The molecule has 0 heterocycles. The fourth-order valence-corrected chi connectivity index (χ4v) is 2.12. The lowest BCUT2D eigenvalue weighted by atomic mass is 9.87. The van der Waals surface area contributed by atoms with E-state index >= 15 is 0 Å². The Morgan fingerprint density at radius 1 is 1.36 bits per heavy atom. The van der Waals surface area contributed by atoms with Crippen molar-refractivity contribution < 1.29 is 9.84 Å². The molecule has 84 valence electrons. The smallest absolute Gasteiger partial charge is 0.0698 e. The number of ether oxygens (including phenoxy) is 1. The van der Waals surface area contributed by atoms with Gasteiger partial charge in [-0.3, -0.25) is 0 Å². The van der Waals surface area contributed by atoms with E-state index in [0.29, 0.717) is 19.3 Å². The van der Waals surface area contributed by atoms with Crippen LogP contribution in [0.25, 0.3) is 0 Å². The van der Waals surface area contributed by atoms with Gasteiger partial charge in [0.05, 0.1) is 19.8 Å². The molecule has 0 aromatic carbocycles. The quantitative estimate of drug-likeness (QED) is 0.634. The van der Waals surface area contributed by atoms with Crippen molar-refractivity contribution in [1.82, 2.24) is 5.32 Å². The van der Waals surface area contributed by atoms with Gasteiger partial charge >= 0.3 is 0 Å². The van der Waals surface area contributed by atoms with Crippen LogP contribution in [0.2, 0.25) is 0 Å². The van der Waals surface area contributed by atoms with Crippen molar-refractivity contribution in [1.29, 1.82) is 0 Å². The standard InChI is InChI=1S/C11H23NO2/c1-10-3-2-4-11(9-10)12-5-7-14-8-6-13/h10-13H,2-9H2,1H3/t10-,11+/m1/s1. The van der Waals surface area contributed by atoms with E-state index in [2.05, 4.69) is 12.2 Å². The predicted octanol–water partition coefficient (Wildman–Crippen LogP) is 1.16. The minimum atomic E-state index is 0.125. The minimum Gasteiger partial charge on any atom is -0.394 e. The predicted molar refractivity (Wildman–Crippen MR) is 57.3 cm³/mol. The first-order valence-electron chi connectivity index (χ1n) is 5.75. The lowest BCUT2D eigenvalue weighted by molar-refractivity contribution is 0.0912. The van der Waals surface area contributed by atoms with Crippen LogP contribution < -0.4 is 5.32 Å². The summed E-state index contributed by atoms with van der Waals surface area (Å²) in [6.45, 7) is 4.54. The average Bonchev–Trinajstić information content (AvgIpc) is 2.18. The van der Waals surface area contributed by atoms with Crippen molar-refractivity contribution in [3.63, 3.8) is 0 Å². The van der Waals surface area contributed by atoms with Gasteiger partial charge in [-0.05, 0) is 18.8 Å². The highest BCUT2D eigenvalue weighted by atomic mass is 16.5. The van der Waals surface area contributed by atoms with Crippen LogP contribution in [0.1, 0.15) is 32.6 Å². The van der Waals surface area contributed by atoms with Gasteiger partial charge in [-0.25, -0.2) is 0 Å². The molecule has 0 aliphatic heterocycles. The molecule has 0 radical (unpaired) electrons. The average molecular weight is 201 g/mol. The van der Waals surface area contributed by atoms with Crippen molar-refractivity contribution in [3.8, 4) is 0 Å². The van der Waals surface area contributed by atoms with Crippen LogP contribution in [0, 0.1) is 5.92 Å². The molecule has 3 nitrogen and oxygen atoms in total. The maximum atomic E-state index is 8.50. The Morgan fingerprint density at radius 2 is 2.21 bits per heavy atom. The van der Waals surface area contributed by atoms with Crippen LogP contribution in [-0.2, 0) is 4.74 Å². The molecule has 1 saturated carbocycles. The van der Waals surface area contributed by atoms with Gasteiger partial charge in [0, 0.05) is 12.6 Å². The Balaban J connectivity index is 1.95. The molecule has 3 heteroatoms. The molecular formula is C11H23NO2. The summed E-state index contributed by atoms with van der Waals surface area (Å²) in [5, 5.41) is 12.0. The topological polar surface area (TPSA) is 41.5 Å². The molecule has 0 aromatic heterocycles. The Hall–Kier alpha value is -0.120. The zero-order valence-corrected chi connectivity index (χ0v) is 9.17. The van der Waals surface area contributed by atoms with Gasteiger partial charge in [0.25, 0.3) is 0 Å². The molecule has 0 unspecified atom stereocenters. The van der Waals surface area contributed by atoms with E-state index in [0.717, 1.165) is 12.5 Å². The van der Waals surface area contributed by atoms with Gasteiger partial charge in [-0.1, -0.05) is 19.8 Å². The summed E-state index contributed by atoms with van der Waals surface area (Å²) in [6.07, 6.45) is 5.36. The van der Waals surface area contributed by atoms with Crippen LogP contribution in [0.5, 0.6) is 0 Å². The number of aliphatic hydroxyl groups is 1. The summed E-state index contributed by atoms with van der Waals surface area (Å²) in [7, 11) is 0. The number of rotatable bonds is 6. The first kappa shape index (κ1) is 12.0. The molecule has 0 amide bonds. The Bertz CT molecular complexity index is 141. The zero-order chi connectivity index (χ0) is 10.2. The summed E-state index contributed by atoms with van der Waals surface area (Å²) in [5.41, 5.74) is 0. The molecule has 1 rings (SSSR count). The van der Waals surface area contributed by atoms with Crippen molar-refractivity contribution in [2.24, 2.45) is 5.92 Å². The summed E-state index contributed by atoms with van der Waals surface area (Å²) in [5.74, 6) is 0.875. The fraction of sp³-hybridized carbons (Fsp3) is 1.00. The minimum absolute atomic E-state index is 0.125. The van der Waals surface area contributed by atoms with E-state index in [1.165, 1.54) is 25.7 Å². The second kappa shape index (κ2) is 7.21. The number of hydrogen-bond acceptors (Lipinski definition) is 3. The summed E-state index contributed by atoms with van der Waals surface area (Å²) in [6, 6.07) is 0.691. The SMILES string of the molecule is C[C@@H]1CCC[C@H](NCCOCCO)C1. The van der Waals surface area contributed by atoms with E-state index in [1.807, 2.05) is 0 Å². The van der Waals surface area contributed by atoms with E-state index in [9.17, 15) is 0 Å². The molecule has 0 bridgehead atoms. The van der Waals surface area contributed by atoms with Crippen LogP contribution in [0.15, 0.2) is 0 Å². The Morgan fingerprint density at radius 3 is 2.93 bits per heavy atom. The van der Waals surface area contributed by atoms with Gasteiger partial charge in [0.15, 0.2) is 0 Å². The fourth-order valence-electron chi connectivity index (χ4n) is 2.12. The second-order valence-corrected chi connectivity index (χ2v) is 4.26. The van der Waals surface area contributed by atoms with Gasteiger partial charge in [0.1, 0.15) is 0 Å². The molecular weight excluding hydrogens is 178 g/mol. The Kier molecular flexibility index (Phi) is 6.15. The van der Waals surface area contributed by atoms with Crippen molar-refractivity contribution in [2.45, 2.75) is 38.6 Å². The maximum absolute atomic E-state index is 8.50. The van der Waals surface area contributed by atoms with Gasteiger partial charge in [-0.15, -0.1) is 0 Å². The largest absolute Gasteiger partial charge is 0.394 e. The third kappa shape index (κ3) is 4.94. The van der Waals surface area contributed by atoms with Crippen LogP contribution >= 0.6 is 0 Å². The Labute approximate surface area is 86.8 Å². The molecule has 2 N–H and O–H groups in total. The normalized spacial score (nSPS) is 27.9. The highest BCUT2D eigenvalue weighted by molar-refractivity contribution is 4.75. The zero-order valence-electron chi connectivity index (χ0n) is 9.17. The molecule has 0 aromatic rings. The third-order valence-corrected chi connectivity index (χ3v) is 2.85. The molecule has 14 heavy (non-hydrogen) atoms. The maximum Gasteiger partial charge on any atom is 0.0698 e. The molecule has 1 aliphatic rings. The first-order chi connectivity index (χ1) is 6.83. The summed E-state index contributed by atoms with van der Waals surface area (Å²) < 4.78 is 5.19. The van der Waals surface area contributed by atoms with Crippen LogP contribution in [0.3, 0.4) is 0 Å². The third-order valence-electron chi connectivity index (χ3n) is 2.85. The van der Waals surface area contributed by atoms with Gasteiger partial charge < -0.3 is 15.2 Å². The van der Waals surface area contributed by atoms with Crippen molar-refractivity contribution >= 4 is 0 Å². The molecule has 1 aliphatic carbocycles. The molecule has 0 saturated heterocycles. The second-order valence-electron chi connectivity index (χ2n) is 4.26. The van der Waals surface area contributed by atoms with Crippen LogP contribution in [-0.4, -0.2) is 37.5 Å². The van der Waals surface area contributed by atoms with Crippen molar-refractivity contribution in [3.05, 3.63) is 0 Å². The monoisotopic (exact) mass is 201 g/mol. The van der Waals surface area contributed by atoms with E-state index < -0.39 is 0 Å². The van der Waals surface area contributed by atoms with E-state index in [-0.39, 0.29) is 6.61 Å².